The number of nitrogens with zero attached hydrogens (tertiary/aromatic N) is 3. The summed E-state index contributed by atoms with van der Waals surface area (Å²) >= 11 is 5.17. The molecule has 1 aromatic heterocycles. The third kappa shape index (κ3) is 4.38. The summed E-state index contributed by atoms with van der Waals surface area (Å²) in [5.74, 6) is 2.46. The summed E-state index contributed by atoms with van der Waals surface area (Å²) in [7, 11) is 1.67. The molecule has 29 heavy (non-hydrogen) atoms. The molecule has 0 saturated heterocycles. The van der Waals surface area contributed by atoms with Gasteiger partial charge in [-0.15, -0.1) is 10.2 Å². The van der Waals surface area contributed by atoms with Crippen LogP contribution in [0, 0.1) is 6.92 Å². The summed E-state index contributed by atoms with van der Waals surface area (Å²) < 4.78 is 8.51. The monoisotopic (exact) mass is 465 g/mol. The summed E-state index contributed by atoms with van der Waals surface area (Å²) in [5, 5.41) is 9.92. The fraction of sp³-hybridized carbons (Fsp3) is 0.130. The lowest BCUT2D eigenvalue weighted by atomic mass is 10.1. The third-order valence-electron chi connectivity index (χ3n) is 4.62. The van der Waals surface area contributed by atoms with E-state index < -0.39 is 0 Å². The molecule has 0 aliphatic carbocycles. The molecule has 0 amide bonds. The van der Waals surface area contributed by atoms with Crippen LogP contribution in [-0.4, -0.2) is 21.9 Å². The SMILES string of the molecule is COc1ccc(-c2nnc(SCc3ccc(Br)cc3)n2-c2ccccc2C)cc1. The number of benzene rings is 3. The highest BCUT2D eigenvalue weighted by Gasteiger charge is 2.17. The van der Waals surface area contributed by atoms with E-state index >= 15 is 0 Å². The number of methoxy groups -OCH3 is 1. The van der Waals surface area contributed by atoms with Crippen molar-refractivity contribution in [3.63, 3.8) is 0 Å². The Hall–Kier alpha value is -2.57. The first-order chi connectivity index (χ1) is 14.2. The molecule has 0 aliphatic heterocycles. The Kier molecular flexibility index (Phi) is 6.02. The molecule has 1 heterocycles. The first-order valence-corrected chi connectivity index (χ1v) is 11.0. The van der Waals surface area contributed by atoms with Crippen LogP contribution in [0.1, 0.15) is 11.1 Å². The maximum Gasteiger partial charge on any atom is 0.196 e. The zero-order valence-electron chi connectivity index (χ0n) is 16.2. The summed E-state index contributed by atoms with van der Waals surface area (Å²) in [6, 6.07) is 24.6. The highest BCUT2D eigenvalue weighted by Crippen LogP contribution is 2.31. The number of aryl methyl sites for hydroxylation is 1. The summed E-state index contributed by atoms with van der Waals surface area (Å²) in [6.45, 7) is 2.11. The van der Waals surface area contributed by atoms with Crippen molar-refractivity contribution in [3.8, 4) is 22.8 Å². The lowest BCUT2D eigenvalue weighted by molar-refractivity contribution is 0.415. The van der Waals surface area contributed by atoms with Gasteiger partial charge in [-0.1, -0.05) is 58.0 Å². The van der Waals surface area contributed by atoms with Crippen molar-refractivity contribution in [1.82, 2.24) is 14.8 Å². The molecule has 0 spiro atoms. The Labute approximate surface area is 183 Å². The molecule has 0 bridgehead atoms. The Morgan fingerprint density at radius 2 is 1.66 bits per heavy atom. The van der Waals surface area contributed by atoms with Crippen molar-refractivity contribution in [2.24, 2.45) is 0 Å². The largest absolute Gasteiger partial charge is 0.497 e. The molecule has 0 fully saturated rings. The van der Waals surface area contributed by atoms with E-state index in [1.54, 1.807) is 18.9 Å². The third-order valence-corrected chi connectivity index (χ3v) is 6.15. The Bertz CT molecular complexity index is 1110. The normalized spacial score (nSPS) is 10.9. The molecule has 0 atom stereocenters. The second kappa shape index (κ2) is 8.84. The first kappa shape index (κ1) is 19.7. The lowest BCUT2D eigenvalue weighted by Crippen LogP contribution is -2.02. The van der Waals surface area contributed by atoms with Crippen LogP contribution >= 0.6 is 27.7 Å². The van der Waals surface area contributed by atoms with Crippen LogP contribution in [0.3, 0.4) is 0 Å². The standard InChI is InChI=1S/C23H20BrN3OS/c1-16-5-3-4-6-21(16)27-22(18-9-13-20(28-2)14-10-18)25-26-23(27)29-15-17-7-11-19(24)12-8-17/h3-14H,15H2,1-2H3. The van der Waals surface area contributed by atoms with Crippen molar-refractivity contribution < 1.29 is 4.74 Å². The van der Waals surface area contributed by atoms with E-state index in [9.17, 15) is 0 Å². The van der Waals surface area contributed by atoms with Gasteiger partial charge >= 0.3 is 0 Å². The number of thioether (sulfide) groups is 1. The van der Waals surface area contributed by atoms with Gasteiger partial charge in [0.15, 0.2) is 11.0 Å². The fourth-order valence-electron chi connectivity index (χ4n) is 3.05. The minimum absolute atomic E-state index is 0.819. The van der Waals surface area contributed by atoms with Crippen molar-refractivity contribution in [2.75, 3.05) is 7.11 Å². The molecule has 146 valence electrons. The molecule has 0 saturated carbocycles. The Morgan fingerprint density at radius 3 is 2.34 bits per heavy atom. The number of hydrogen-bond donors (Lipinski definition) is 0. The van der Waals surface area contributed by atoms with Crippen molar-refractivity contribution in [3.05, 3.63) is 88.4 Å². The zero-order chi connectivity index (χ0) is 20.2. The Morgan fingerprint density at radius 1 is 0.931 bits per heavy atom. The maximum absolute atomic E-state index is 5.29. The van der Waals surface area contributed by atoms with Crippen LogP contribution in [0.15, 0.2) is 82.4 Å². The van der Waals surface area contributed by atoms with E-state index in [0.29, 0.717) is 0 Å². The molecule has 0 unspecified atom stereocenters. The lowest BCUT2D eigenvalue weighted by Gasteiger charge is -2.13. The van der Waals surface area contributed by atoms with Gasteiger partial charge in [0, 0.05) is 15.8 Å². The van der Waals surface area contributed by atoms with Gasteiger partial charge in [0.2, 0.25) is 0 Å². The first-order valence-electron chi connectivity index (χ1n) is 9.19. The van der Waals surface area contributed by atoms with E-state index in [1.807, 2.05) is 36.4 Å². The second-order valence-corrected chi connectivity index (χ2v) is 8.43. The highest BCUT2D eigenvalue weighted by atomic mass is 79.9. The fourth-order valence-corrected chi connectivity index (χ4v) is 4.22. The molecular weight excluding hydrogens is 446 g/mol. The van der Waals surface area contributed by atoms with E-state index in [2.05, 4.69) is 74.0 Å². The predicted octanol–water partition coefficient (Wildman–Crippen LogP) is 6.31. The molecule has 6 heteroatoms. The van der Waals surface area contributed by atoms with E-state index in [4.69, 9.17) is 4.74 Å². The van der Waals surface area contributed by atoms with Gasteiger partial charge in [0.25, 0.3) is 0 Å². The smallest absolute Gasteiger partial charge is 0.196 e. The number of ether oxygens (including phenoxy) is 1. The van der Waals surface area contributed by atoms with Gasteiger partial charge in [0.1, 0.15) is 5.75 Å². The number of aromatic nitrogens is 3. The van der Waals surface area contributed by atoms with E-state index in [-0.39, 0.29) is 0 Å². The van der Waals surface area contributed by atoms with Gasteiger partial charge < -0.3 is 4.74 Å². The zero-order valence-corrected chi connectivity index (χ0v) is 18.6. The van der Waals surface area contributed by atoms with Crippen LogP contribution < -0.4 is 4.74 Å². The van der Waals surface area contributed by atoms with Crippen LogP contribution in [0.25, 0.3) is 17.1 Å². The van der Waals surface area contributed by atoms with Crippen LogP contribution in [0.2, 0.25) is 0 Å². The molecule has 4 nitrogen and oxygen atoms in total. The second-order valence-electron chi connectivity index (χ2n) is 6.57. The van der Waals surface area contributed by atoms with Crippen molar-refractivity contribution >= 4 is 27.7 Å². The molecule has 0 aliphatic rings. The number of rotatable bonds is 6. The van der Waals surface area contributed by atoms with Gasteiger partial charge in [0.05, 0.1) is 12.8 Å². The molecule has 4 aromatic rings. The topological polar surface area (TPSA) is 39.9 Å². The number of para-hydroxylation sites is 1. The molecule has 4 rings (SSSR count). The van der Waals surface area contributed by atoms with Crippen LogP contribution in [0.5, 0.6) is 5.75 Å². The number of halogens is 1. The average molecular weight is 466 g/mol. The summed E-state index contributed by atoms with van der Waals surface area (Å²) in [4.78, 5) is 0. The van der Waals surface area contributed by atoms with Gasteiger partial charge in [-0.3, -0.25) is 4.57 Å². The minimum Gasteiger partial charge on any atom is -0.497 e. The summed E-state index contributed by atoms with van der Waals surface area (Å²) in [6.07, 6.45) is 0. The van der Waals surface area contributed by atoms with Crippen LogP contribution in [-0.2, 0) is 5.75 Å². The molecular formula is C23H20BrN3OS. The molecule has 0 radical (unpaired) electrons. The van der Waals surface area contributed by atoms with Crippen LogP contribution in [0.4, 0.5) is 0 Å². The molecule has 0 N–H and O–H groups in total. The van der Waals surface area contributed by atoms with Gasteiger partial charge in [-0.05, 0) is 60.5 Å². The molecule has 3 aromatic carbocycles. The quantitative estimate of drug-likeness (QED) is 0.313. The Balaban J connectivity index is 1.73. The van der Waals surface area contributed by atoms with Gasteiger partial charge in [-0.25, -0.2) is 0 Å². The van der Waals surface area contributed by atoms with E-state index in [0.717, 1.165) is 38.2 Å². The summed E-state index contributed by atoms with van der Waals surface area (Å²) in [5.41, 5.74) is 4.50. The van der Waals surface area contributed by atoms with Crippen molar-refractivity contribution in [1.29, 1.82) is 0 Å². The van der Waals surface area contributed by atoms with Gasteiger partial charge in [-0.2, -0.15) is 0 Å². The number of hydrogen-bond acceptors (Lipinski definition) is 4. The van der Waals surface area contributed by atoms with E-state index in [1.165, 1.54) is 11.1 Å². The van der Waals surface area contributed by atoms with Crippen molar-refractivity contribution in [2.45, 2.75) is 17.8 Å². The maximum atomic E-state index is 5.29. The highest BCUT2D eigenvalue weighted by molar-refractivity contribution is 9.10. The minimum atomic E-state index is 0.819. The average Bonchev–Trinajstić information content (AvgIpc) is 3.17. The predicted molar refractivity (Wildman–Crippen MR) is 122 cm³/mol.